The molecule has 0 fully saturated rings. The van der Waals surface area contributed by atoms with Gasteiger partial charge in [-0.1, -0.05) is 0 Å². The van der Waals surface area contributed by atoms with E-state index in [1.165, 1.54) is 0 Å². The van der Waals surface area contributed by atoms with Gasteiger partial charge in [0.25, 0.3) is 0 Å². The van der Waals surface area contributed by atoms with E-state index in [0.717, 1.165) is 24.3 Å². The largest absolute Gasteiger partial charge is 0.507 e. The zero-order valence-electron chi connectivity index (χ0n) is 14.0. The van der Waals surface area contributed by atoms with Gasteiger partial charge in [-0.2, -0.15) is 35.1 Å². The van der Waals surface area contributed by atoms with Crippen LogP contribution in [-0.2, 0) is 0 Å². The molecule has 0 N–H and O–H groups in total. The molecule has 0 unspecified atom stereocenters. The Kier molecular flexibility index (Phi) is 3.93. The molecule has 160 valence electrons. The first-order valence-corrected chi connectivity index (χ1v) is 7.83. The maximum Gasteiger partial charge on any atom is 0.507 e. The lowest BCUT2D eigenvalue weighted by atomic mass is 10.0. The van der Waals surface area contributed by atoms with Crippen LogP contribution in [0.4, 0.5) is 35.1 Å². The summed E-state index contributed by atoms with van der Waals surface area (Å²) < 4.78 is 121. The Morgan fingerprint density at radius 3 is 1.17 bits per heavy atom. The van der Waals surface area contributed by atoms with Crippen molar-refractivity contribution in [3.63, 3.8) is 0 Å². The molecular weight excluding hydrogens is 436 g/mol. The fourth-order valence-corrected chi connectivity index (χ4v) is 2.58. The maximum atomic E-state index is 13.3. The van der Waals surface area contributed by atoms with Crippen LogP contribution < -0.4 is 18.9 Å². The molecule has 0 spiro atoms. The van der Waals surface area contributed by atoms with Crippen LogP contribution in [0.5, 0.6) is 23.0 Å². The SMILES string of the molecule is O=C(c1ccc2c(c1)OC(F)(F)C(F)(F)O2)c1ccc2c(c1)OC(F)(F)C(F)(F)O2. The third-order valence-electron chi connectivity index (χ3n) is 4.04. The standard InChI is InChI=1S/C17H6F8O5/c18-14(19)16(22,23)29-11-5-7(1-3-9(11)27-14)13(26)8-2-4-10-12(6-8)30-17(24,25)15(20,21)28-10/h1-6H. The molecule has 0 bridgehead atoms. The molecule has 2 aliphatic heterocycles. The Labute approximate surface area is 160 Å². The minimum atomic E-state index is -5.02. The van der Waals surface area contributed by atoms with Gasteiger partial charge in [0.05, 0.1) is 0 Å². The molecule has 0 atom stereocenters. The van der Waals surface area contributed by atoms with Gasteiger partial charge in [0.2, 0.25) is 0 Å². The normalized spacial score (nSPS) is 21.6. The number of benzene rings is 2. The lowest BCUT2D eigenvalue weighted by molar-refractivity contribution is -0.391. The third kappa shape index (κ3) is 2.95. The van der Waals surface area contributed by atoms with E-state index in [9.17, 15) is 39.9 Å². The van der Waals surface area contributed by atoms with Crippen LogP contribution in [0.1, 0.15) is 15.9 Å². The Bertz CT molecular complexity index is 971. The summed E-state index contributed by atoms with van der Waals surface area (Å²) >= 11 is 0. The average molecular weight is 442 g/mol. The van der Waals surface area contributed by atoms with Crippen molar-refractivity contribution in [1.82, 2.24) is 0 Å². The van der Waals surface area contributed by atoms with Crippen molar-refractivity contribution < 1.29 is 58.9 Å². The van der Waals surface area contributed by atoms with Crippen LogP contribution in [0.2, 0.25) is 0 Å². The molecule has 30 heavy (non-hydrogen) atoms. The van der Waals surface area contributed by atoms with E-state index in [4.69, 9.17) is 0 Å². The zero-order valence-corrected chi connectivity index (χ0v) is 14.0. The maximum absolute atomic E-state index is 13.3. The first kappa shape index (κ1) is 20.0. The fourth-order valence-electron chi connectivity index (χ4n) is 2.58. The van der Waals surface area contributed by atoms with Gasteiger partial charge in [-0.05, 0) is 36.4 Å². The smallest absolute Gasteiger partial charge is 0.421 e. The number of hydrogen-bond acceptors (Lipinski definition) is 5. The van der Waals surface area contributed by atoms with Gasteiger partial charge in [-0.25, -0.2) is 0 Å². The van der Waals surface area contributed by atoms with E-state index in [-0.39, 0.29) is 11.1 Å². The number of carbonyl (C=O) groups is 1. The summed E-state index contributed by atoms with van der Waals surface area (Å²) in [7, 11) is 0. The summed E-state index contributed by atoms with van der Waals surface area (Å²) in [4.78, 5) is 12.5. The topological polar surface area (TPSA) is 54.0 Å². The second-order valence-corrected chi connectivity index (χ2v) is 6.13. The number of ketones is 1. The second kappa shape index (κ2) is 5.89. The minimum absolute atomic E-state index is 0.382. The highest BCUT2D eigenvalue weighted by Crippen LogP contribution is 2.48. The van der Waals surface area contributed by atoms with Crippen molar-refractivity contribution in [2.75, 3.05) is 0 Å². The second-order valence-electron chi connectivity index (χ2n) is 6.13. The van der Waals surface area contributed by atoms with E-state index < -0.39 is 53.2 Å². The number of rotatable bonds is 2. The van der Waals surface area contributed by atoms with E-state index in [1.54, 1.807) is 0 Å². The van der Waals surface area contributed by atoms with E-state index in [2.05, 4.69) is 18.9 Å². The van der Waals surface area contributed by atoms with Crippen LogP contribution in [0.25, 0.3) is 0 Å². The van der Waals surface area contributed by atoms with Gasteiger partial charge in [0.15, 0.2) is 28.8 Å². The molecule has 0 aliphatic carbocycles. The predicted octanol–water partition coefficient (Wildman–Crippen LogP) is 4.83. The highest BCUT2D eigenvalue weighted by molar-refractivity contribution is 6.09. The molecule has 4 rings (SSSR count). The van der Waals surface area contributed by atoms with Crippen molar-refractivity contribution in [3.05, 3.63) is 47.5 Å². The van der Waals surface area contributed by atoms with E-state index in [1.807, 2.05) is 0 Å². The predicted molar refractivity (Wildman–Crippen MR) is 78.6 cm³/mol. The van der Waals surface area contributed by atoms with Gasteiger partial charge in [0.1, 0.15) is 0 Å². The van der Waals surface area contributed by atoms with E-state index in [0.29, 0.717) is 12.1 Å². The van der Waals surface area contributed by atoms with Crippen LogP contribution in [-0.4, -0.2) is 30.2 Å². The first-order chi connectivity index (χ1) is 13.7. The number of fused-ring (bicyclic) bond motifs is 2. The molecule has 2 aromatic carbocycles. The molecule has 5 nitrogen and oxygen atoms in total. The van der Waals surface area contributed by atoms with Crippen molar-refractivity contribution in [3.8, 4) is 23.0 Å². The summed E-state index contributed by atoms with van der Waals surface area (Å²) in [5, 5.41) is 0. The van der Waals surface area contributed by atoms with Gasteiger partial charge < -0.3 is 18.9 Å². The van der Waals surface area contributed by atoms with Gasteiger partial charge >= 0.3 is 24.4 Å². The number of hydrogen-bond donors (Lipinski definition) is 0. The van der Waals surface area contributed by atoms with Gasteiger partial charge in [-0.15, -0.1) is 0 Å². The number of halogens is 8. The number of carbonyl (C=O) groups excluding carboxylic acids is 1. The van der Waals surface area contributed by atoms with Gasteiger partial charge in [0, 0.05) is 11.1 Å². The molecule has 0 radical (unpaired) electrons. The van der Waals surface area contributed by atoms with Crippen LogP contribution in [0.15, 0.2) is 36.4 Å². The molecule has 0 saturated heterocycles. The zero-order chi connectivity index (χ0) is 22.1. The molecule has 2 aromatic rings. The number of alkyl halides is 8. The average Bonchev–Trinajstić information content (AvgIpc) is 2.61. The van der Waals surface area contributed by atoms with Crippen LogP contribution >= 0.6 is 0 Å². The lowest BCUT2D eigenvalue weighted by Crippen LogP contribution is -2.52. The summed E-state index contributed by atoms with van der Waals surface area (Å²) in [6.07, 6.45) is -19.9. The quantitative estimate of drug-likeness (QED) is 0.493. The lowest BCUT2D eigenvalue weighted by Gasteiger charge is -2.32. The fraction of sp³-hybridized carbons (Fsp3) is 0.235. The minimum Gasteiger partial charge on any atom is -0.421 e. The molecule has 0 amide bonds. The Morgan fingerprint density at radius 1 is 0.533 bits per heavy atom. The monoisotopic (exact) mass is 442 g/mol. The highest BCUT2D eigenvalue weighted by atomic mass is 19.3. The Hall–Kier alpha value is -3.25. The molecule has 2 heterocycles. The van der Waals surface area contributed by atoms with Crippen LogP contribution in [0, 0.1) is 0 Å². The molecule has 0 aromatic heterocycles. The highest BCUT2D eigenvalue weighted by Gasteiger charge is 2.66. The number of ether oxygens (including phenoxy) is 4. The van der Waals surface area contributed by atoms with Crippen molar-refractivity contribution >= 4 is 5.78 Å². The Balaban J connectivity index is 1.66. The van der Waals surface area contributed by atoms with Gasteiger partial charge in [-0.3, -0.25) is 4.79 Å². The summed E-state index contributed by atoms with van der Waals surface area (Å²) in [6, 6.07) is 4.70. The molecule has 2 aliphatic rings. The van der Waals surface area contributed by atoms with E-state index >= 15 is 0 Å². The summed E-state index contributed by atoms with van der Waals surface area (Å²) in [5.74, 6) is -4.27. The van der Waals surface area contributed by atoms with Crippen LogP contribution in [0.3, 0.4) is 0 Å². The third-order valence-corrected chi connectivity index (χ3v) is 4.04. The summed E-state index contributed by atoms with van der Waals surface area (Å²) in [5.41, 5.74) is -0.765. The molecule has 13 heteroatoms. The molecular formula is C17H6F8O5. The Morgan fingerprint density at radius 2 is 0.833 bits per heavy atom. The van der Waals surface area contributed by atoms with Crippen molar-refractivity contribution in [1.29, 1.82) is 0 Å². The van der Waals surface area contributed by atoms with Crippen molar-refractivity contribution in [2.24, 2.45) is 0 Å². The molecule has 0 saturated carbocycles. The first-order valence-electron chi connectivity index (χ1n) is 7.83. The summed E-state index contributed by atoms with van der Waals surface area (Å²) in [6.45, 7) is 0. The van der Waals surface area contributed by atoms with Crippen molar-refractivity contribution in [2.45, 2.75) is 24.4 Å².